The van der Waals surface area contributed by atoms with E-state index in [1.54, 1.807) is 23.1 Å². The van der Waals surface area contributed by atoms with Crippen LogP contribution in [0.25, 0.3) is 0 Å². The number of nitrogens with zero attached hydrogens (tertiary/aromatic N) is 2. The molecule has 0 radical (unpaired) electrons. The first-order valence-electron chi connectivity index (χ1n) is 9.08. The zero-order chi connectivity index (χ0) is 18.5. The highest BCUT2D eigenvalue weighted by Gasteiger charge is 2.21. The first-order valence-corrected chi connectivity index (χ1v) is 10.9. The van der Waals surface area contributed by atoms with E-state index in [2.05, 4.69) is 33.4 Å². The number of thiophene rings is 1. The fraction of sp³-hybridized carbons (Fsp3) is 0.238. The van der Waals surface area contributed by atoms with Crippen LogP contribution >= 0.6 is 23.1 Å². The van der Waals surface area contributed by atoms with E-state index in [-0.39, 0.29) is 5.91 Å². The maximum Gasteiger partial charge on any atom is 0.261 e. The number of aryl methyl sites for hydroxylation is 1. The van der Waals surface area contributed by atoms with Crippen LogP contribution in [0.2, 0.25) is 0 Å². The quantitative estimate of drug-likeness (QED) is 0.612. The van der Waals surface area contributed by atoms with Gasteiger partial charge in [0.2, 0.25) is 0 Å². The lowest BCUT2D eigenvalue weighted by Gasteiger charge is -2.28. The van der Waals surface area contributed by atoms with Gasteiger partial charge in [0.05, 0.1) is 15.6 Å². The lowest BCUT2D eigenvalue weighted by atomic mass is 10.1. The molecule has 0 saturated carbocycles. The van der Waals surface area contributed by atoms with Gasteiger partial charge in [0.15, 0.2) is 0 Å². The van der Waals surface area contributed by atoms with Crippen LogP contribution in [-0.4, -0.2) is 29.7 Å². The van der Waals surface area contributed by atoms with Crippen LogP contribution in [0.1, 0.15) is 21.7 Å². The summed E-state index contributed by atoms with van der Waals surface area (Å²) in [6, 6.07) is 18.4. The summed E-state index contributed by atoms with van der Waals surface area (Å²) in [5.74, 6) is 1.01. The van der Waals surface area contributed by atoms with Gasteiger partial charge in [0, 0.05) is 25.0 Å². The Bertz CT molecular complexity index is 911. The average Bonchev–Trinajstić information content (AvgIpc) is 3.21. The number of hydrogen-bond donors (Lipinski definition) is 1. The van der Waals surface area contributed by atoms with Crippen LogP contribution in [-0.2, 0) is 6.42 Å². The number of amides is 1. The normalized spacial score (nSPS) is 13.3. The predicted molar refractivity (Wildman–Crippen MR) is 113 cm³/mol. The minimum absolute atomic E-state index is 0.0112. The summed E-state index contributed by atoms with van der Waals surface area (Å²) in [6.45, 7) is 1.62. The summed E-state index contributed by atoms with van der Waals surface area (Å²) in [4.78, 5) is 19.9. The molecular weight excluding hydrogens is 374 g/mol. The van der Waals surface area contributed by atoms with E-state index in [9.17, 15) is 4.79 Å². The van der Waals surface area contributed by atoms with Crippen molar-refractivity contribution in [2.45, 2.75) is 17.9 Å². The van der Waals surface area contributed by atoms with Gasteiger partial charge < -0.3 is 10.2 Å². The zero-order valence-corrected chi connectivity index (χ0v) is 16.6. The number of aromatic nitrogens is 1. The molecule has 138 valence electrons. The van der Waals surface area contributed by atoms with Crippen LogP contribution in [0.5, 0.6) is 0 Å². The van der Waals surface area contributed by atoms with Crippen molar-refractivity contribution in [2.75, 3.05) is 23.7 Å². The van der Waals surface area contributed by atoms with E-state index in [1.165, 1.54) is 5.56 Å². The molecule has 1 aliphatic heterocycles. The second-order valence-electron chi connectivity index (χ2n) is 6.31. The van der Waals surface area contributed by atoms with E-state index in [0.29, 0.717) is 6.54 Å². The minimum atomic E-state index is 0.0112. The zero-order valence-electron chi connectivity index (χ0n) is 14.9. The Balaban J connectivity index is 1.35. The Morgan fingerprint density at radius 1 is 1.11 bits per heavy atom. The molecule has 0 fully saturated rings. The summed E-state index contributed by atoms with van der Waals surface area (Å²) in [7, 11) is 0. The average molecular weight is 396 g/mol. The first-order chi connectivity index (χ1) is 13.3. The van der Waals surface area contributed by atoms with Crippen LogP contribution in [0.4, 0.5) is 10.7 Å². The van der Waals surface area contributed by atoms with Crippen molar-refractivity contribution < 1.29 is 4.79 Å². The molecule has 0 spiro atoms. The van der Waals surface area contributed by atoms with Crippen molar-refractivity contribution in [2.24, 2.45) is 0 Å². The largest absolute Gasteiger partial charge is 0.351 e. The van der Waals surface area contributed by atoms with Crippen LogP contribution in [0.3, 0.4) is 0 Å². The molecule has 0 aliphatic carbocycles. The number of nitrogens with one attached hydrogen (secondary N) is 1. The second-order valence-corrected chi connectivity index (χ2v) is 8.46. The van der Waals surface area contributed by atoms with Gasteiger partial charge in [-0.15, -0.1) is 23.1 Å². The molecule has 2 aromatic heterocycles. The van der Waals surface area contributed by atoms with Crippen molar-refractivity contribution >= 4 is 39.7 Å². The fourth-order valence-electron chi connectivity index (χ4n) is 3.10. The standard InChI is InChI=1S/C21H21N3OS2/c25-20(22-12-4-8-16-6-2-1-3-7-16)18-10-11-19(27-18)24-14-15-26-21-17(24)9-5-13-23-21/h1-3,5-7,9-11,13H,4,8,12,14-15H2,(H,22,25). The molecular formula is C21H21N3OS2. The summed E-state index contributed by atoms with van der Waals surface area (Å²) >= 11 is 3.33. The molecule has 0 bridgehead atoms. The van der Waals surface area contributed by atoms with Gasteiger partial charge in [-0.2, -0.15) is 0 Å². The number of carbonyl (C=O) groups is 1. The Hall–Kier alpha value is -2.31. The number of rotatable bonds is 6. The highest BCUT2D eigenvalue weighted by Crippen LogP contribution is 2.39. The highest BCUT2D eigenvalue weighted by molar-refractivity contribution is 7.99. The molecule has 0 saturated heterocycles. The lowest BCUT2D eigenvalue weighted by Crippen LogP contribution is -2.24. The predicted octanol–water partition coefficient (Wildman–Crippen LogP) is 4.75. The molecule has 1 aromatic carbocycles. The Morgan fingerprint density at radius 2 is 2.00 bits per heavy atom. The number of fused-ring (bicyclic) bond motifs is 1. The van der Waals surface area contributed by atoms with Crippen molar-refractivity contribution in [3.63, 3.8) is 0 Å². The number of hydrogen-bond acceptors (Lipinski definition) is 5. The van der Waals surface area contributed by atoms with Crippen molar-refractivity contribution in [3.8, 4) is 0 Å². The molecule has 1 N–H and O–H groups in total. The Kier molecular flexibility index (Phi) is 5.75. The molecule has 6 heteroatoms. The van der Waals surface area contributed by atoms with E-state index in [4.69, 9.17) is 0 Å². The van der Waals surface area contributed by atoms with Crippen molar-refractivity contribution in [1.82, 2.24) is 10.3 Å². The minimum Gasteiger partial charge on any atom is -0.351 e. The molecule has 4 nitrogen and oxygen atoms in total. The molecule has 4 rings (SSSR count). The molecule has 3 heterocycles. The molecule has 0 unspecified atom stereocenters. The van der Waals surface area contributed by atoms with Gasteiger partial charge in [-0.1, -0.05) is 30.3 Å². The van der Waals surface area contributed by atoms with Gasteiger partial charge in [-0.25, -0.2) is 4.98 Å². The maximum absolute atomic E-state index is 12.5. The molecule has 3 aromatic rings. The van der Waals surface area contributed by atoms with Crippen LogP contribution < -0.4 is 10.2 Å². The third kappa shape index (κ3) is 4.34. The van der Waals surface area contributed by atoms with E-state index < -0.39 is 0 Å². The number of benzene rings is 1. The van der Waals surface area contributed by atoms with E-state index >= 15 is 0 Å². The van der Waals surface area contributed by atoms with Gasteiger partial charge in [-0.05, 0) is 42.7 Å². The summed E-state index contributed by atoms with van der Waals surface area (Å²) in [5.41, 5.74) is 2.44. The smallest absolute Gasteiger partial charge is 0.261 e. The second kappa shape index (κ2) is 8.59. The van der Waals surface area contributed by atoms with Crippen LogP contribution in [0.15, 0.2) is 65.8 Å². The van der Waals surface area contributed by atoms with Gasteiger partial charge >= 0.3 is 0 Å². The topological polar surface area (TPSA) is 45.2 Å². The third-order valence-corrected chi connectivity index (χ3v) is 6.53. The van der Waals surface area contributed by atoms with Crippen molar-refractivity contribution in [1.29, 1.82) is 0 Å². The molecule has 1 aliphatic rings. The van der Waals surface area contributed by atoms with E-state index in [0.717, 1.165) is 45.7 Å². The Morgan fingerprint density at radius 3 is 2.89 bits per heavy atom. The monoisotopic (exact) mass is 395 g/mol. The fourth-order valence-corrected chi connectivity index (χ4v) is 4.99. The molecule has 0 atom stereocenters. The van der Waals surface area contributed by atoms with Gasteiger partial charge in [0.25, 0.3) is 5.91 Å². The van der Waals surface area contributed by atoms with Crippen molar-refractivity contribution in [3.05, 3.63) is 71.2 Å². The lowest BCUT2D eigenvalue weighted by molar-refractivity contribution is 0.0957. The SMILES string of the molecule is O=C(NCCCc1ccccc1)c1ccc(N2CCSc3ncccc32)s1. The first kappa shape index (κ1) is 18.1. The number of pyridine rings is 1. The van der Waals surface area contributed by atoms with E-state index in [1.807, 2.05) is 42.6 Å². The molecule has 27 heavy (non-hydrogen) atoms. The summed E-state index contributed by atoms with van der Waals surface area (Å²) in [5, 5.41) is 5.20. The number of carbonyl (C=O) groups excluding carboxylic acids is 1. The van der Waals surface area contributed by atoms with Gasteiger partial charge in [0.1, 0.15) is 5.03 Å². The third-order valence-electron chi connectivity index (χ3n) is 4.45. The van der Waals surface area contributed by atoms with Crippen LogP contribution in [0, 0.1) is 0 Å². The number of anilines is 2. The Labute approximate surface area is 167 Å². The molecule has 1 amide bonds. The summed E-state index contributed by atoms with van der Waals surface area (Å²) in [6.07, 6.45) is 3.75. The highest BCUT2D eigenvalue weighted by atomic mass is 32.2. The maximum atomic E-state index is 12.5. The summed E-state index contributed by atoms with van der Waals surface area (Å²) < 4.78 is 0. The van der Waals surface area contributed by atoms with Gasteiger partial charge in [-0.3, -0.25) is 4.79 Å². The number of thioether (sulfide) groups is 1.